The van der Waals surface area contributed by atoms with E-state index in [1.165, 1.54) is 5.56 Å². The van der Waals surface area contributed by atoms with Gasteiger partial charge in [0.1, 0.15) is 0 Å². The van der Waals surface area contributed by atoms with Crippen LogP contribution in [0.1, 0.15) is 12.0 Å². The minimum absolute atomic E-state index is 0.663. The van der Waals surface area contributed by atoms with Crippen molar-refractivity contribution in [2.24, 2.45) is 5.73 Å². The second-order valence-corrected chi connectivity index (χ2v) is 5.76. The van der Waals surface area contributed by atoms with Crippen LogP contribution in [0.2, 0.25) is 0 Å². The Balaban J connectivity index is 2.01. The maximum absolute atomic E-state index is 5.59. The van der Waals surface area contributed by atoms with Gasteiger partial charge < -0.3 is 11.1 Å². The van der Waals surface area contributed by atoms with Gasteiger partial charge in [0.05, 0.1) is 17.6 Å². The van der Waals surface area contributed by atoms with Gasteiger partial charge in [0.15, 0.2) is 5.82 Å². The molecule has 0 aliphatic carbocycles. The highest BCUT2D eigenvalue weighted by molar-refractivity contribution is 5.75. The van der Waals surface area contributed by atoms with Crippen molar-refractivity contribution < 1.29 is 0 Å². The van der Waals surface area contributed by atoms with Gasteiger partial charge in [-0.1, -0.05) is 60.2 Å². The van der Waals surface area contributed by atoms with Crippen molar-refractivity contribution in [2.45, 2.75) is 13.3 Å². The molecule has 0 amide bonds. The van der Waals surface area contributed by atoms with Crippen LogP contribution < -0.4 is 11.1 Å². The maximum atomic E-state index is 5.59. The Morgan fingerprint density at radius 2 is 1.71 bits per heavy atom. The first-order valence-electron chi connectivity index (χ1n) is 8.21. The standard InChI is InChI=1S/C20H22N4/c1-15-8-10-16(11-9-15)19-18(22-13-5-12-21)14-23-20(24-19)17-6-3-2-4-7-17/h2-4,6-11,14,22H,5,12-13,21H2,1H3. The summed E-state index contributed by atoms with van der Waals surface area (Å²) in [7, 11) is 0. The van der Waals surface area contributed by atoms with Crippen molar-refractivity contribution in [3.8, 4) is 22.6 Å². The van der Waals surface area contributed by atoms with Crippen LogP contribution >= 0.6 is 0 Å². The topological polar surface area (TPSA) is 63.8 Å². The Morgan fingerprint density at radius 1 is 0.958 bits per heavy atom. The number of anilines is 1. The third-order valence-electron chi connectivity index (χ3n) is 3.84. The number of nitrogens with two attached hydrogens (primary N) is 1. The average molecular weight is 318 g/mol. The first-order chi connectivity index (χ1) is 11.8. The zero-order valence-corrected chi connectivity index (χ0v) is 13.9. The number of benzene rings is 2. The number of aromatic nitrogens is 2. The second-order valence-electron chi connectivity index (χ2n) is 5.76. The van der Waals surface area contributed by atoms with Gasteiger partial charge in [-0.25, -0.2) is 9.97 Å². The predicted octanol–water partition coefficient (Wildman–Crippen LogP) is 3.88. The second kappa shape index (κ2) is 7.70. The third-order valence-corrected chi connectivity index (χ3v) is 3.84. The molecular formula is C20H22N4. The molecule has 122 valence electrons. The van der Waals surface area contributed by atoms with E-state index in [0.717, 1.165) is 41.3 Å². The van der Waals surface area contributed by atoms with E-state index in [-0.39, 0.29) is 0 Å². The van der Waals surface area contributed by atoms with E-state index < -0.39 is 0 Å². The lowest BCUT2D eigenvalue weighted by Crippen LogP contribution is -2.10. The first-order valence-corrected chi connectivity index (χ1v) is 8.21. The van der Waals surface area contributed by atoms with Crippen LogP contribution in [0.15, 0.2) is 60.8 Å². The Bertz CT molecular complexity index is 782. The van der Waals surface area contributed by atoms with Crippen LogP contribution in [0.3, 0.4) is 0 Å². The monoisotopic (exact) mass is 318 g/mol. The molecule has 0 aliphatic rings. The molecule has 0 atom stereocenters. The van der Waals surface area contributed by atoms with Crippen LogP contribution in [0.5, 0.6) is 0 Å². The summed E-state index contributed by atoms with van der Waals surface area (Å²) in [6.45, 7) is 3.55. The highest BCUT2D eigenvalue weighted by Crippen LogP contribution is 2.28. The van der Waals surface area contributed by atoms with Gasteiger partial charge in [0, 0.05) is 17.7 Å². The Morgan fingerprint density at radius 3 is 2.42 bits per heavy atom. The Labute approximate surface area is 142 Å². The summed E-state index contributed by atoms with van der Waals surface area (Å²) in [5.41, 5.74) is 10.8. The fourth-order valence-corrected chi connectivity index (χ4v) is 2.49. The largest absolute Gasteiger partial charge is 0.382 e. The number of aryl methyl sites for hydroxylation is 1. The molecule has 3 N–H and O–H groups in total. The molecule has 0 bridgehead atoms. The van der Waals surface area contributed by atoms with E-state index >= 15 is 0 Å². The van der Waals surface area contributed by atoms with Crippen molar-refractivity contribution in [3.63, 3.8) is 0 Å². The van der Waals surface area contributed by atoms with E-state index in [4.69, 9.17) is 10.7 Å². The van der Waals surface area contributed by atoms with Gasteiger partial charge in [0.25, 0.3) is 0 Å². The fraction of sp³-hybridized carbons (Fsp3) is 0.200. The minimum Gasteiger partial charge on any atom is -0.382 e. The zero-order valence-electron chi connectivity index (χ0n) is 13.9. The molecule has 0 fully saturated rings. The molecule has 4 heteroatoms. The molecule has 0 spiro atoms. The summed E-state index contributed by atoms with van der Waals surface area (Å²) in [6, 6.07) is 18.4. The summed E-state index contributed by atoms with van der Waals surface area (Å²) in [5, 5.41) is 3.40. The molecule has 0 saturated heterocycles. The summed E-state index contributed by atoms with van der Waals surface area (Å²) in [5.74, 6) is 0.732. The van der Waals surface area contributed by atoms with Crippen molar-refractivity contribution in [1.29, 1.82) is 0 Å². The number of rotatable bonds is 6. The van der Waals surface area contributed by atoms with Gasteiger partial charge in [-0.2, -0.15) is 0 Å². The van der Waals surface area contributed by atoms with E-state index in [1.54, 1.807) is 0 Å². The van der Waals surface area contributed by atoms with E-state index in [2.05, 4.69) is 41.5 Å². The third kappa shape index (κ3) is 3.78. The van der Waals surface area contributed by atoms with Crippen molar-refractivity contribution in [1.82, 2.24) is 9.97 Å². The summed E-state index contributed by atoms with van der Waals surface area (Å²) in [6.07, 6.45) is 2.77. The number of nitrogens with zero attached hydrogens (tertiary/aromatic N) is 2. The average Bonchev–Trinajstić information content (AvgIpc) is 2.64. The molecule has 1 heterocycles. The smallest absolute Gasteiger partial charge is 0.159 e. The molecule has 4 nitrogen and oxygen atoms in total. The lowest BCUT2D eigenvalue weighted by Gasteiger charge is -2.13. The number of hydrogen-bond donors (Lipinski definition) is 2. The Hall–Kier alpha value is -2.72. The van der Waals surface area contributed by atoms with E-state index in [1.807, 2.05) is 36.5 Å². The fourth-order valence-electron chi connectivity index (χ4n) is 2.49. The molecule has 24 heavy (non-hydrogen) atoms. The van der Waals surface area contributed by atoms with Gasteiger partial charge in [-0.15, -0.1) is 0 Å². The van der Waals surface area contributed by atoms with Gasteiger partial charge in [-0.05, 0) is 19.9 Å². The molecule has 2 aromatic carbocycles. The zero-order chi connectivity index (χ0) is 16.8. The summed E-state index contributed by atoms with van der Waals surface area (Å²) < 4.78 is 0. The van der Waals surface area contributed by atoms with Crippen LogP contribution in [0, 0.1) is 6.92 Å². The Kier molecular flexibility index (Phi) is 5.18. The molecule has 1 aromatic heterocycles. The lowest BCUT2D eigenvalue weighted by atomic mass is 10.1. The van der Waals surface area contributed by atoms with Crippen LogP contribution in [-0.4, -0.2) is 23.1 Å². The first kappa shape index (κ1) is 16.1. The van der Waals surface area contributed by atoms with Crippen molar-refractivity contribution >= 4 is 5.69 Å². The number of hydrogen-bond acceptors (Lipinski definition) is 4. The predicted molar refractivity (Wildman–Crippen MR) is 99.8 cm³/mol. The van der Waals surface area contributed by atoms with Crippen molar-refractivity contribution in [3.05, 3.63) is 66.4 Å². The van der Waals surface area contributed by atoms with Crippen LogP contribution in [0.4, 0.5) is 5.69 Å². The quantitative estimate of drug-likeness (QED) is 0.677. The van der Waals surface area contributed by atoms with E-state index in [9.17, 15) is 0 Å². The molecule has 0 radical (unpaired) electrons. The van der Waals surface area contributed by atoms with Gasteiger partial charge in [0.2, 0.25) is 0 Å². The van der Waals surface area contributed by atoms with Crippen LogP contribution in [-0.2, 0) is 0 Å². The number of nitrogens with one attached hydrogen (secondary N) is 1. The van der Waals surface area contributed by atoms with Gasteiger partial charge in [-0.3, -0.25) is 0 Å². The SMILES string of the molecule is Cc1ccc(-c2nc(-c3ccccc3)ncc2NCCCN)cc1. The highest BCUT2D eigenvalue weighted by Gasteiger charge is 2.10. The minimum atomic E-state index is 0.663. The van der Waals surface area contributed by atoms with Gasteiger partial charge >= 0.3 is 0 Å². The molecule has 3 rings (SSSR count). The lowest BCUT2D eigenvalue weighted by molar-refractivity contribution is 0.873. The van der Waals surface area contributed by atoms with E-state index in [0.29, 0.717) is 6.54 Å². The molecule has 0 saturated carbocycles. The summed E-state index contributed by atoms with van der Waals surface area (Å²) in [4.78, 5) is 9.34. The molecular weight excluding hydrogens is 296 g/mol. The highest BCUT2D eigenvalue weighted by atomic mass is 15.0. The van der Waals surface area contributed by atoms with Crippen LogP contribution in [0.25, 0.3) is 22.6 Å². The summed E-state index contributed by atoms with van der Waals surface area (Å²) >= 11 is 0. The molecule has 0 aliphatic heterocycles. The van der Waals surface area contributed by atoms with Crippen molar-refractivity contribution in [2.75, 3.05) is 18.4 Å². The molecule has 3 aromatic rings. The maximum Gasteiger partial charge on any atom is 0.159 e. The normalized spacial score (nSPS) is 10.6. The molecule has 0 unspecified atom stereocenters.